The van der Waals surface area contributed by atoms with Crippen LogP contribution < -0.4 is 19.7 Å². The summed E-state index contributed by atoms with van der Waals surface area (Å²) < 4.78 is 15.8. The predicted molar refractivity (Wildman–Crippen MR) is 107 cm³/mol. The number of fused-ring (bicyclic) bond motifs is 1. The molecule has 7 nitrogen and oxygen atoms in total. The molecule has 7 heteroatoms. The Morgan fingerprint density at radius 1 is 1.11 bits per heavy atom. The minimum Gasteiger partial charge on any atom is -0.493 e. The SMILES string of the molecule is COCCCNC(=O)c1cncc(N2CCc3cc(OC)c(OC)cc3C2)c1. The predicted octanol–water partition coefficient (Wildman–Crippen LogP) is 2.43. The summed E-state index contributed by atoms with van der Waals surface area (Å²) in [5.74, 6) is 1.36. The molecule has 0 unspecified atom stereocenters. The first-order chi connectivity index (χ1) is 13.7. The molecule has 28 heavy (non-hydrogen) atoms. The number of nitrogens with one attached hydrogen (secondary N) is 1. The number of amides is 1. The van der Waals surface area contributed by atoms with Gasteiger partial charge in [0.25, 0.3) is 5.91 Å². The van der Waals surface area contributed by atoms with Gasteiger partial charge in [0.2, 0.25) is 0 Å². The van der Waals surface area contributed by atoms with Crippen LogP contribution in [-0.4, -0.2) is 51.9 Å². The number of rotatable bonds is 8. The number of methoxy groups -OCH3 is 3. The van der Waals surface area contributed by atoms with Gasteiger partial charge in [0, 0.05) is 39.5 Å². The Hall–Kier alpha value is -2.80. The highest BCUT2D eigenvalue weighted by molar-refractivity contribution is 5.94. The molecule has 150 valence electrons. The summed E-state index contributed by atoms with van der Waals surface area (Å²) in [7, 11) is 4.94. The molecule has 2 aromatic rings. The van der Waals surface area contributed by atoms with E-state index in [2.05, 4.69) is 15.2 Å². The van der Waals surface area contributed by atoms with E-state index in [0.29, 0.717) is 18.7 Å². The van der Waals surface area contributed by atoms with Crippen LogP contribution in [0.2, 0.25) is 0 Å². The smallest absolute Gasteiger partial charge is 0.252 e. The number of carbonyl (C=O) groups excluding carboxylic acids is 1. The molecular formula is C21H27N3O4. The van der Waals surface area contributed by atoms with Gasteiger partial charge in [0.15, 0.2) is 11.5 Å². The zero-order valence-electron chi connectivity index (χ0n) is 16.7. The summed E-state index contributed by atoms with van der Waals surface area (Å²) in [6.45, 7) is 2.79. The largest absolute Gasteiger partial charge is 0.493 e. The molecule has 0 fully saturated rings. The van der Waals surface area contributed by atoms with Gasteiger partial charge in [0.05, 0.1) is 31.7 Å². The van der Waals surface area contributed by atoms with Crippen molar-refractivity contribution in [2.45, 2.75) is 19.4 Å². The van der Waals surface area contributed by atoms with Crippen LogP contribution >= 0.6 is 0 Å². The number of pyridine rings is 1. The van der Waals surface area contributed by atoms with Gasteiger partial charge in [0.1, 0.15) is 0 Å². The number of benzene rings is 1. The second-order valence-corrected chi connectivity index (χ2v) is 6.68. The van der Waals surface area contributed by atoms with E-state index in [1.165, 1.54) is 11.1 Å². The van der Waals surface area contributed by atoms with Gasteiger partial charge in [-0.15, -0.1) is 0 Å². The third-order valence-electron chi connectivity index (χ3n) is 4.88. The first-order valence-corrected chi connectivity index (χ1v) is 9.37. The lowest BCUT2D eigenvalue weighted by Crippen LogP contribution is -2.31. The lowest BCUT2D eigenvalue weighted by atomic mass is 9.98. The number of aromatic nitrogens is 1. The molecule has 0 bridgehead atoms. The van der Waals surface area contributed by atoms with Crippen LogP contribution in [0, 0.1) is 0 Å². The maximum atomic E-state index is 12.4. The van der Waals surface area contributed by atoms with Crippen LogP contribution in [0.4, 0.5) is 5.69 Å². The van der Waals surface area contributed by atoms with Crippen LogP contribution in [0.1, 0.15) is 27.9 Å². The average Bonchev–Trinajstić information content (AvgIpc) is 2.75. The van der Waals surface area contributed by atoms with Crippen molar-refractivity contribution in [1.29, 1.82) is 0 Å². The average molecular weight is 385 g/mol. The Balaban J connectivity index is 1.72. The molecule has 0 atom stereocenters. The molecular weight excluding hydrogens is 358 g/mol. The highest BCUT2D eigenvalue weighted by Crippen LogP contribution is 2.34. The van der Waals surface area contributed by atoms with Crippen molar-refractivity contribution >= 4 is 11.6 Å². The fourth-order valence-electron chi connectivity index (χ4n) is 3.35. The third-order valence-corrected chi connectivity index (χ3v) is 4.88. The van der Waals surface area contributed by atoms with Gasteiger partial charge in [-0.2, -0.15) is 0 Å². The topological polar surface area (TPSA) is 72.9 Å². The van der Waals surface area contributed by atoms with E-state index in [1.54, 1.807) is 33.7 Å². The van der Waals surface area contributed by atoms with Gasteiger partial charge < -0.3 is 24.4 Å². The Morgan fingerprint density at radius 2 is 1.86 bits per heavy atom. The number of carbonyl (C=O) groups is 1. The third kappa shape index (κ3) is 4.54. The van der Waals surface area contributed by atoms with E-state index in [-0.39, 0.29) is 5.91 Å². The molecule has 1 aromatic heterocycles. The summed E-state index contributed by atoms with van der Waals surface area (Å²) in [6, 6.07) is 5.97. The van der Waals surface area contributed by atoms with Crippen LogP contribution in [-0.2, 0) is 17.7 Å². The van der Waals surface area contributed by atoms with Crippen molar-refractivity contribution in [2.24, 2.45) is 0 Å². The molecule has 0 spiro atoms. The van der Waals surface area contributed by atoms with E-state index in [4.69, 9.17) is 14.2 Å². The molecule has 1 N–H and O–H groups in total. The van der Waals surface area contributed by atoms with Gasteiger partial charge in [-0.1, -0.05) is 0 Å². The molecule has 1 amide bonds. The lowest BCUT2D eigenvalue weighted by Gasteiger charge is -2.31. The second kappa shape index (κ2) is 9.41. The number of anilines is 1. The zero-order valence-corrected chi connectivity index (χ0v) is 16.7. The Bertz CT molecular complexity index is 825. The van der Waals surface area contributed by atoms with E-state index in [9.17, 15) is 4.79 Å². The van der Waals surface area contributed by atoms with Crippen LogP contribution in [0.25, 0.3) is 0 Å². The highest BCUT2D eigenvalue weighted by Gasteiger charge is 2.20. The quantitative estimate of drug-likeness (QED) is 0.704. The summed E-state index contributed by atoms with van der Waals surface area (Å²) in [4.78, 5) is 18.9. The second-order valence-electron chi connectivity index (χ2n) is 6.68. The fourth-order valence-corrected chi connectivity index (χ4v) is 3.35. The molecule has 0 radical (unpaired) electrons. The lowest BCUT2D eigenvalue weighted by molar-refractivity contribution is 0.0948. The summed E-state index contributed by atoms with van der Waals surface area (Å²) >= 11 is 0. The minimum atomic E-state index is -0.116. The number of hydrogen-bond donors (Lipinski definition) is 1. The van der Waals surface area contributed by atoms with Crippen molar-refractivity contribution in [1.82, 2.24) is 10.3 Å². The normalized spacial score (nSPS) is 13.0. The van der Waals surface area contributed by atoms with Gasteiger partial charge in [-0.3, -0.25) is 9.78 Å². The molecule has 0 aliphatic carbocycles. The van der Waals surface area contributed by atoms with Crippen molar-refractivity contribution in [3.8, 4) is 11.5 Å². The Labute approximate surface area is 165 Å². The fraction of sp³-hybridized carbons (Fsp3) is 0.429. The summed E-state index contributed by atoms with van der Waals surface area (Å²) in [6.07, 6.45) is 5.07. The Morgan fingerprint density at radius 3 is 2.57 bits per heavy atom. The van der Waals surface area contributed by atoms with Gasteiger partial charge in [-0.25, -0.2) is 0 Å². The maximum Gasteiger partial charge on any atom is 0.252 e. The van der Waals surface area contributed by atoms with Crippen LogP contribution in [0.15, 0.2) is 30.6 Å². The van der Waals surface area contributed by atoms with Crippen LogP contribution in [0.3, 0.4) is 0 Å². The first-order valence-electron chi connectivity index (χ1n) is 9.37. The molecule has 1 aliphatic rings. The van der Waals surface area contributed by atoms with E-state index >= 15 is 0 Å². The van der Waals surface area contributed by atoms with E-state index in [0.717, 1.165) is 43.1 Å². The maximum absolute atomic E-state index is 12.4. The number of nitrogens with zero attached hydrogens (tertiary/aromatic N) is 2. The van der Waals surface area contributed by atoms with Crippen molar-refractivity contribution < 1.29 is 19.0 Å². The molecule has 1 aliphatic heterocycles. The number of hydrogen-bond acceptors (Lipinski definition) is 6. The number of ether oxygens (including phenoxy) is 3. The van der Waals surface area contributed by atoms with Crippen molar-refractivity contribution in [3.05, 3.63) is 47.3 Å². The van der Waals surface area contributed by atoms with Gasteiger partial charge in [-0.05, 0) is 42.2 Å². The van der Waals surface area contributed by atoms with Crippen molar-refractivity contribution in [2.75, 3.05) is 45.9 Å². The molecule has 1 aromatic carbocycles. The first kappa shape index (κ1) is 19.9. The highest BCUT2D eigenvalue weighted by atomic mass is 16.5. The molecule has 0 saturated heterocycles. The summed E-state index contributed by atoms with van der Waals surface area (Å²) in [5, 5.41) is 2.90. The zero-order chi connectivity index (χ0) is 19.9. The molecule has 2 heterocycles. The monoisotopic (exact) mass is 385 g/mol. The summed E-state index contributed by atoms with van der Waals surface area (Å²) in [5.41, 5.74) is 3.95. The van der Waals surface area contributed by atoms with E-state index < -0.39 is 0 Å². The molecule has 0 saturated carbocycles. The van der Waals surface area contributed by atoms with Crippen molar-refractivity contribution in [3.63, 3.8) is 0 Å². The minimum absolute atomic E-state index is 0.116. The van der Waals surface area contributed by atoms with Gasteiger partial charge >= 0.3 is 0 Å². The van der Waals surface area contributed by atoms with E-state index in [1.807, 2.05) is 18.2 Å². The Kier molecular flexibility index (Phi) is 6.71. The van der Waals surface area contributed by atoms with Crippen LogP contribution in [0.5, 0.6) is 11.5 Å². The molecule has 3 rings (SSSR count). The standard InChI is InChI=1S/C21H27N3O4/c1-26-8-4-6-23-21(25)16-9-18(13-22-12-16)24-7-5-15-10-19(27-2)20(28-3)11-17(15)14-24/h9-13H,4-8,14H2,1-3H3,(H,23,25).